The number of aryl methyl sites for hydroxylation is 1. The van der Waals surface area contributed by atoms with Crippen LogP contribution < -0.4 is 4.74 Å². The highest BCUT2D eigenvalue weighted by molar-refractivity contribution is 5.98. The predicted molar refractivity (Wildman–Crippen MR) is 88.9 cm³/mol. The molecule has 1 N–H and O–H groups in total. The Bertz CT molecular complexity index is 797. The molecule has 1 aromatic carbocycles. The molecular weight excluding hydrogens is 320 g/mol. The van der Waals surface area contributed by atoms with Crippen molar-refractivity contribution in [2.75, 3.05) is 0 Å². The molecule has 0 bridgehead atoms. The normalized spacial score (nSPS) is 36.4. The maximum atomic E-state index is 13.0. The number of hydrogen-bond acceptors (Lipinski definition) is 5. The second kappa shape index (κ2) is 5.24. The average molecular weight is 342 g/mol. The fourth-order valence-electron chi connectivity index (χ4n) is 5.39. The van der Waals surface area contributed by atoms with Gasteiger partial charge in [0.05, 0.1) is 0 Å². The molecule has 0 spiro atoms. The zero-order chi connectivity index (χ0) is 18.0. The summed E-state index contributed by atoms with van der Waals surface area (Å²) in [4.78, 5) is 36.5. The number of Topliss-reactive ketones (excluding diaryl/α,β-unsaturated/α-hetero) is 2. The Balaban J connectivity index is 1.78. The van der Waals surface area contributed by atoms with Gasteiger partial charge in [0, 0.05) is 31.1 Å². The topological polar surface area (TPSA) is 80.7 Å². The second-order valence-corrected chi connectivity index (χ2v) is 7.91. The van der Waals surface area contributed by atoms with E-state index in [1.54, 1.807) is 18.2 Å². The third-order valence-electron chi connectivity index (χ3n) is 6.59. The van der Waals surface area contributed by atoms with Crippen molar-refractivity contribution in [3.8, 4) is 5.75 Å². The van der Waals surface area contributed by atoms with Crippen LogP contribution in [-0.2, 0) is 26.4 Å². The van der Waals surface area contributed by atoms with Gasteiger partial charge in [-0.1, -0.05) is 13.0 Å². The molecule has 5 nitrogen and oxygen atoms in total. The lowest BCUT2D eigenvalue weighted by Gasteiger charge is -2.51. The van der Waals surface area contributed by atoms with E-state index in [0.717, 1.165) is 12.0 Å². The summed E-state index contributed by atoms with van der Waals surface area (Å²) < 4.78 is 5.13. The molecule has 4 atom stereocenters. The average Bonchev–Trinajstić information content (AvgIpc) is 2.82. The summed E-state index contributed by atoms with van der Waals surface area (Å²) in [5.74, 6) is -0.253. The minimum absolute atomic E-state index is 0.0454. The second-order valence-electron chi connectivity index (χ2n) is 7.91. The molecule has 0 radical (unpaired) electrons. The van der Waals surface area contributed by atoms with Crippen molar-refractivity contribution < 1.29 is 24.2 Å². The number of fused-ring (bicyclic) bond motifs is 5. The van der Waals surface area contributed by atoms with Crippen LogP contribution in [0.5, 0.6) is 5.75 Å². The molecule has 0 heterocycles. The highest BCUT2D eigenvalue weighted by Crippen LogP contribution is 2.59. The maximum Gasteiger partial charge on any atom is 0.308 e. The summed E-state index contributed by atoms with van der Waals surface area (Å²) >= 11 is 0. The lowest BCUT2D eigenvalue weighted by atomic mass is 9.53. The van der Waals surface area contributed by atoms with E-state index in [1.165, 1.54) is 6.92 Å². The van der Waals surface area contributed by atoms with Gasteiger partial charge in [0.25, 0.3) is 0 Å². The van der Waals surface area contributed by atoms with Crippen molar-refractivity contribution >= 4 is 17.5 Å². The van der Waals surface area contributed by atoms with Crippen LogP contribution in [0, 0.1) is 17.3 Å². The van der Waals surface area contributed by atoms with Gasteiger partial charge >= 0.3 is 5.97 Å². The summed E-state index contributed by atoms with van der Waals surface area (Å²) in [5, 5.41) is 11.5. The van der Waals surface area contributed by atoms with Gasteiger partial charge in [-0.15, -0.1) is 0 Å². The standard InChI is InChI=1S/C20H22O5/c1-11(21)25-13-4-6-14-12(9-13)3-5-16-15-7-8-17(22)19(15,2)10-18(23)20(14,16)24/h4,6,9,15-16,24H,3,5,7-8,10H2,1-2H3/t15-,16-,19-,20-/m0/s1. The van der Waals surface area contributed by atoms with Gasteiger partial charge in [0.2, 0.25) is 0 Å². The third kappa shape index (κ3) is 2.15. The predicted octanol–water partition coefficient (Wildman–Crippen LogP) is 2.32. The minimum atomic E-state index is -1.53. The number of hydrogen-bond donors (Lipinski definition) is 1. The van der Waals surface area contributed by atoms with E-state index in [4.69, 9.17) is 4.74 Å². The molecule has 3 aliphatic rings. The summed E-state index contributed by atoms with van der Waals surface area (Å²) in [7, 11) is 0. The number of aliphatic hydroxyl groups is 1. The van der Waals surface area contributed by atoms with Crippen LogP contribution in [0.25, 0.3) is 0 Å². The van der Waals surface area contributed by atoms with Crippen LogP contribution in [0.15, 0.2) is 18.2 Å². The van der Waals surface area contributed by atoms with E-state index in [1.807, 2.05) is 6.92 Å². The maximum absolute atomic E-state index is 13.0. The van der Waals surface area contributed by atoms with Gasteiger partial charge in [-0.2, -0.15) is 0 Å². The number of benzene rings is 1. The Labute approximate surface area is 146 Å². The molecule has 0 aromatic heterocycles. The van der Waals surface area contributed by atoms with Gasteiger partial charge in [0.15, 0.2) is 11.4 Å². The molecule has 2 fully saturated rings. The third-order valence-corrected chi connectivity index (χ3v) is 6.59. The SMILES string of the molecule is CC(=O)Oc1ccc2c(c1)CC[C@H]1[C@@H]3CCC(=O)[C@@]3(C)CC(=O)[C@]21O. The molecule has 0 saturated heterocycles. The molecule has 0 unspecified atom stereocenters. The molecule has 1 aromatic rings. The first-order chi connectivity index (χ1) is 11.8. The van der Waals surface area contributed by atoms with Crippen LogP contribution in [0.4, 0.5) is 0 Å². The fraction of sp³-hybridized carbons (Fsp3) is 0.550. The van der Waals surface area contributed by atoms with Crippen LogP contribution >= 0.6 is 0 Å². The molecule has 25 heavy (non-hydrogen) atoms. The number of carbonyl (C=O) groups excluding carboxylic acids is 3. The molecule has 4 rings (SSSR count). The molecule has 5 heteroatoms. The Morgan fingerprint density at radius 1 is 1.16 bits per heavy atom. The van der Waals surface area contributed by atoms with E-state index in [-0.39, 0.29) is 29.8 Å². The molecule has 3 aliphatic carbocycles. The lowest BCUT2D eigenvalue weighted by molar-refractivity contribution is -0.169. The Hall–Kier alpha value is -2.01. The minimum Gasteiger partial charge on any atom is -0.427 e. The highest BCUT2D eigenvalue weighted by Gasteiger charge is 2.63. The first kappa shape index (κ1) is 16.5. The van der Waals surface area contributed by atoms with E-state index >= 15 is 0 Å². The van der Waals surface area contributed by atoms with Crippen molar-refractivity contribution in [3.63, 3.8) is 0 Å². The molecule has 0 amide bonds. The summed E-state index contributed by atoms with van der Waals surface area (Å²) in [6.45, 7) is 3.23. The Kier molecular flexibility index (Phi) is 3.45. The molecule has 132 valence electrons. The molecule has 0 aliphatic heterocycles. The van der Waals surface area contributed by atoms with Gasteiger partial charge in [-0.25, -0.2) is 0 Å². The lowest BCUT2D eigenvalue weighted by Crippen LogP contribution is -2.57. The van der Waals surface area contributed by atoms with Crippen molar-refractivity contribution in [1.82, 2.24) is 0 Å². The van der Waals surface area contributed by atoms with Crippen LogP contribution in [-0.4, -0.2) is 22.6 Å². The van der Waals surface area contributed by atoms with E-state index in [2.05, 4.69) is 0 Å². The fourth-order valence-corrected chi connectivity index (χ4v) is 5.39. The van der Waals surface area contributed by atoms with Crippen LogP contribution in [0.3, 0.4) is 0 Å². The zero-order valence-electron chi connectivity index (χ0n) is 14.5. The largest absolute Gasteiger partial charge is 0.427 e. The van der Waals surface area contributed by atoms with Gasteiger partial charge in [0.1, 0.15) is 11.5 Å². The van der Waals surface area contributed by atoms with Crippen molar-refractivity contribution in [1.29, 1.82) is 0 Å². The molecule has 2 saturated carbocycles. The molecular formula is C20H22O5. The van der Waals surface area contributed by atoms with E-state index in [9.17, 15) is 19.5 Å². The van der Waals surface area contributed by atoms with Crippen molar-refractivity contribution in [2.45, 2.75) is 51.6 Å². The van der Waals surface area contributed by atoms with Crippen LogP contribution in [0.2, 0.25) is 0 Å². The van der Waals surface area contributed by atoms with Gasteiger partial charge < -0.3 is 9.84 Å². The highest BCUT2D eigenvalue weighted by atomic mass is 16.5. The number of esters is 1. The van der Waals surface area contributed by atoms with Gasteiger partial charge in [-0.3, -0.25) is 14.4 Å². The summed E-state index contributed by atoms with van der Waals surface area (Å²) in [5.41, 5.74) is -0.690. The number of ether oxygens (including phenoxy) is 1. The zero-order valence-corrected chi connectivity index (χ0v) is 14.5. The first-order valence-electron chi connectivity index (χ1n) is 8.87. The summed E-state index contributed by atoms with van der Waals surface area (Å²) in [6.07, 6.45) is 2.71. The van der Waals surface area contributed by atoms with Crippen LogP contribution in [0.1, 0.15) is 50.7 Å². The van der Waals surface area contributed by atoms with E-state index in [0.29, 0.717) is 30.6 Å². The van der Waals surface area contributed by atoms with Crippen molar-refractivity contribution in [2.24, 2.45) is 17.3 Å². The first-order valence-corrected chi connectivity index (χ1v) is 8.87. The Morgan fingerprint density at radius 2 is 1.88 bits per heavy atom. The quantitative estimate of drug-likeness (QED) is 0.626. The van der Waals surface area contributed by atoms with Crippen molar-refractivity contribution in [3.05, 3.63) is 29.3 Å². The summed E-state index contributed by atoms with van der Waals surface area (Å²) in [6, 6.07) is 5.07. The number of ketones is 2. The number of rotatable bonds is 1. The van der Waals surface area contributed by atoms with Gasteiger partial charge in [-0.05, 0) is 48.4 Å². The monoisotopic (exact) mass is 342 g/mol. The smallest absolute Gasteiger partial charge is 0.308 e. The van der Waals surface area contributed by atoms with E-state index < -0.39 is 17.0 Å². The Morgan fingerprint density at radius 3 is 2.60 bits per heavy atom. The number of carbonyl (C=O) groups is 3.